The summed E-state index contributed by atoms with van der Waals surface area (Å²) in [6, 6.07) is 10.8. The van der Waals surface area contributed by atoms with Crippen LogP contribution in [0.4, 0.5) is 0 Å². The highest BCUT2D eigenvalue weighted by Crippen LogP contribution is 2.23. The molecule has 0 saturated carbocycles. The highest BCUT2D eigenvalue weighted by atomic mass is 35.5. The van der Waals surface area contributed by atoms with Gasteiger partial charge in [0.15, 0.2) is 5.76 Å². The molecule has 2 heterocycles. The van der Waals surface area contributed by atoms with Gasteiger partial charge < -0.3 is 4.42 Å². The molecule has 0 fully saturated rings. The molecule has 4 heteroatoms. The van der Waals surface area contributed by atoms with Crippen LogP contribution in [0.3, 0.4) is 0 Å². The maximum Gasteiger partial charge on any atom is 0.229 e. The summed E-state index contributed by atoms with van der Waals surface area (Å²) in [7, 11) is 0. The highest BCUT2D eigenvalue weighted by Gasteiger charge is 2.16. The molecule has 0 saturated heterocycles. The Labute approximate surface area is 108 Å². The minimum absolute atomic E-state index is 0.237. The van der Waals surface area contributed by atoms with Gasteiger partial charge in [0.1, 0.15) is 5.58 Å². The lowest BCUT2D eigenvalue weighted by Crippen LogP contribution is -2.00. The number of aromatic nitrogens is 1. The Bertz CT molecular complexity index is 700. The third-order valence-electron chi connectivity index (χ3n) is 2.67. The lowest BCUT2D eigenvalue weighted by molar-refractivity contribution is 0.101. The molecule has 0 aliphatic carbocycles. The molecule has 3 rings (SSSR count). The summed E-state index contributed by atoms with van der Waals surface area (Å²) in [4.78, 5) is 16.1. The molecule has 3 aromatic rings. The van der Waals surface area contributed by atoms with E-state index in [1.807, 2.05) is 24.3 Å². The summed E-state index contributed by atoms with van der Waals surface area (Å²) in [5, 5.41) is 1.22. The molecule has 0 aliphatic heterocycles. The number of benzene rings is 1. The number of ketones is 1. The standard InChI is InChI=1S/C14H8ClNO2/c15-11-8-16-6-5-10(11)14(17)13-7-9-3-1-2-4-12(9)18-13/h1-8H. The summed E-state index contributed by atoms with van der Waals surface area (Å²) >= 11 is 5.94. The number of pyridine rings is 1. The van der Waals surface area contributed by atoms with Crippen molar-refractivity contribution < 1.29 is 9.21 Å². The Balaban J connectivity index is 2.10. The smallest absolute Gasteiger partial charge is 0.229 e. The molecule has 0 amide bonds. The number of hydrogen-bond donors (Lipinski definition) is 0. The second-order valence-electron chi connectivity index (χ2n) is 3.83. The van der Waals surface area contributed by atoms with Crippen molar-refractivity contribution in [2.75, 3.05) is 0 Å². The molecule has 88 valence electrons. The third-order valence-corrected chi connectivity index (χ3v) is 2.97. The van der Waals surface area contributed by atoms with Gasteiger partial charge >= 0.3 is 0 Å². The molecular formula is C14H8ClNO2. The normalized spacial score (nSPS) is 10.7. The molecule has 0 radical (unpaired) electrons. The summed E-state index contributed by atoms with van der Waals surface area (Å²) in [6.07, 6.45) is 2.97. The number of carbonyl (C=O) groups excluding carboxylic acids is 1. The Morgan fingerprint density at radius 1 is 1.22 bits per heavy atom. The molecule has 0 unspecified atom stereocenters. The Morgan fingerprint density at radius 3 is 2.83 bits per heavy atom. The second kappa shape index (κ2) is 4.27. The molecule has 0 aliphatic rings. The minimum atomic E-state index is -0.237. The monoisotopic (exact) mass is 257 g/mol. The van der Waals surface area contributed by atoms with Gasteiger partial charge in [-0.05, 0) is 18.2 Å². The molecular weight excluding hydrogens is 250 g/mol. The van der Waals surface area contributed by atoms with Gasteiger partial charge in [0, 0.05) is 23.3 Å². The summed E-state index contributed by atoms with van der Waals surface area (Å²) in [5.41, 5.74) is 1.08. The fourth-order valence-electron chi connectivity index (χ4n) is 1.79. The van der Waals surface area contributed by atoms with Crippen LogP contribution in [0.1, 0.15) is 16.1 Å². The van der Waals surface area contributed by atoms with Crippen LogP contribution in [-0.4, -0.2) is 10.8 Å². The number of hydrogen-bond acceptors (Lipinski definition) is 3. The van der Waals surface area contributed by atoms with Gasteiger partial charge in [0.2, 0.25) is 5.78 Å². The zero-order valence-corrected chi connectivity index (χ0v) is 10.0. The Hall–Kier alpha value is -2.13. The predicted molar refractivity (Wildman–Crippen MR) is 68.9 cm³/mol. The lowest BCUT2D eigenvalue weighted by atomic mass is 10.1. The topological polar surface area (TPSA) is 43.1 Å². The summed E-state index contributed by atoms with van der Waals surface area (Å²) in [5.74, 6) is 0.0444. The summed E-state index contributed by atoms with van der Waals surface area (Å²) in [6.45, 7) is 0. The van der Waals surface area contributed by atoms with Crippen LogP contribution >= 0.6 is 11.6 Å². The van der Waals surface area contributed by atoms with Crippen molar-refractivity contribution in [2.45, 2.75) is 0 Å². The fraction of sp³-hybridized carbons (Fsp3) is 0. The summed E-state index contributed by atoms with van der Waals surface area (Å²) < 4.78 is 5.51. The van der Waals surface area contributed by atoms with Crippen LogP contribution in [0.5, 0.6) is 0 Å². The van der Waals surface area contributed by atoms with E-state index in [0.717, 1.165) is 5.39 Å². The first-order valence-corrected chi connectivity index (χ1v) is 5.76. The highest BCUT2D eigenvalue weighted by molar-refractivity contribution is 6.34. The van der Waals surface area contributed by atoms with Crippen LogP contribution in [0, 0.1) is 0 Å². The number of carbonyl (C=O) groups is 1. The van der Waals surface area contributed by atoms with E-state index in [2.05, 4.69) is 4.98 Å². The molecule has 0 atom stereocenters. The molecule has 0 N–H and O–H groups in total. The van der Waals surface area contributed by atoms with Crippen molar-refractivity contribution in [2.24, 2.45) is 0 Å². The van der Waals surface area contributed by atoms with E-state index in [4.69, 9.17) is 16.0 Å². The molecule has 1 aromatic carbocycles. The van der Waals surface area contributed by atoms with Gasteiger partial charge in [-0.25, -0.2) is 0 Å². The SMILES string of the molecule is O=C(c1cc2ccccc2o1)c1ccncc1Cl. The van der Waals surface area contributed by atoms with Gasteiger partial charge in [0.05, 0.1) is 5.02 Å². The number of nitrogens with zero attached hydrogens (tertiary/aromatic N) is 1. The fourth-order valence-corrected chi connectivity index (χ4v) is 1.99. The minimum Gasteiger partial charge on any atom is -0.453 e. The van der Waals surface area contributed by atoms with Gasteiger partial charge in [0.25, 0.3) is 0 Å². The maximum absolute atomic E-state index is 12.2. The van der Waals surface area contributed by atoms with Crippen molar-refractivity contribution in [1.82, 2.24) is 4.98 Å². The van der Waals surface area contributed by atoms with E-state index in [9.17, 15) is 4.79 Å². The van der Waals surface area contributed by atoms with Gasteiger partial charge in [-0.1, -0.05) is 29.8 Å². The molecule has 2 aromatic heterocycles. The van der Waals surface area contributed by atoms with Gasteiger partial charge in [-0.3, -0.25) is 9.78 Å². The maximum atomic E-state index is 12.2. The predicted octanol–water partition coefficient (Wildman–Crippen LogP) is 3.71. The number of para-hydroxylation sites is 1. The van der Waals surface area contributed by atoms with E-state index in [-0.39, 0.29) is 11.5 Å². The van der Waals surface area contributed by atoms with Crippen LogP contribution in [-0.2, 0) is 0 Å². The van der Waals surface area contributed by atoms with Crippen LogP contribution < -0.4 is 0 Å². The van der Waals surface area contributed by atoms with Crippen LogP contribution in [0.25, 0.3) is 11.0 Å². The first kappa shape index (κ1) is 11.0. The Kier molecular flexibility index (Phi) is 2.61. The van der Waals surface area contributed by atoms with E-state index >= 15 is 0 Å². The van der Waals surface area contributed by atoms with E-state index in [0.29, 0.717) is 16.2 Å². The first-order chi connectivity index (χ1) is 8.75. The molecule has 0 spiro atoms. The largest absolute Gasteiger partial charge is 0.453 e. The zero-order chi connectivity index (χ0) is 12.5. The third kappa shape index (κ3) is 1.79. The molecule has 3 nitrogen and oxygen atoms in total. The zero-order valence-electron chi connectivity index (χ0n) is 9.26. The first-order valence-electron chi connectivity index (χ1n) is 5.38. The lowest BCUT2D eigenvalue weighted by Gasteiger charge is -1.98. The van der Waals surface area contributed by atoms with Gasteiger partial charge in [-0.15, -0.1) is 0 Å². The number of furan rings is 1. The number of rotatable bonds is 2. The van der Waals surface area contributed by atoms with Crippen LogP contribution in [0.2, 0.25) is 5.02 Å². The van der Waals surface area contributed by atoms with Gasteiger partial charge in [-0.2, -0.15) is 0 Å². The second-order valence-corrected chi connectivity index (χ2v) is 4.24. The quantitative estimate of drug-likeness (QED) is 0.657. The average Bonchev–Trinajstić information content (AvgIpc) is 2.82. The van der Waals surface area contributed by atoms with E-state index in [1.54, 1.807) is 12.1 Å². The van der Waals surface area contributed by atoms with Crippen molar-refractivity contribution >= 4 is 28.4 Å². The average molecular weight is 258 g/mol. The van der Waals surface area contributed by atoms with Crippen molar-refractivity contribution in [3.8, 4) is 0 Å². The number of halogens is 1. The van der Waals surface area contributed by atoms with Crippen molar-refractivity contribution in [3.05, 3.63) is 65.1 Å². The molecule has 0 bridgehead atoms. The van der Waals surface area contributed by atoms with E-state index in [1.165, 1.54) is 12.4 Å². The Morgan fingerprint density at radius 2 is 2.06 bits per heavy atom. The van der Waals surface area contributed by atoms with Crippen molar-refractivity contribution in [1.29, 1.82) is 0 Å². The van der Waals surface area contributed by atoms with Crippen molar-refractivity contribution in [3.63, 3.8) is 0 Å². The number of fused-ring (bicyclic) bond motifs is 1. The van der Waals surface area contributed by atoms with Crippen LogP contribution in [0.15, 0.2) is 53.2 Å². The van der Waals surface area contributed by atoms with E-state index < -0.39 is 0 Å². The molecule has 18 heavy (non-hydrogen) atoms.